The number of rotatable bonds is 7. The Hall–Kier alpha value is -6.11. The summed E-state index contributed by atoms with van der Waals surface area (Å²) < 4.78 is 70.5. The van der Waals surface area contributed by atoms with Crippen LogP contribution < -0.4 is 10.1 Å². The van der Waals surface area contributed by atoms with E-state index in [1.165, 1.54) is 24.4 Å². The molecule has 0 saturated heterocycles. The van der Waals surface area contributed by atoms with Crippen molar-refractivity contribution in [3.8, 4) is 11.6 Å². The summed E-state index contributed by atoms with van der Waals surface area (Å²) in [6.07, 6.45) is -3.07. The van der Waals surface area contributed by atoms with Gasteiger partial charge in [0.05, 0.1) is 17.7 Å². The van der Waals surface area contributed by atoms with E-state index in [9.17, 15) is 31.5 Å². The van der Waals surface area contributed by atoms with Crippen LogP contribution in [0.15, 0.2) is 127 Å². The van der Waals surface area contributed by atoms with Crippen molar-refractivity contribution in [2.24, 2.45) is 5.16 Å². The third kappa shape index (κ3) is 7.64. The average Bonchev–Trinajstić information content (AvgIpc) is 3.55. The molecule has 5 aromatic rings. The van der Waals surface area contributed by atoms with Crippen LogP contribution in [0.25, 0.3) is 0 Å². The Morgan fingerprint density at radius 2 is 1.50 bits per heavy atom. The number of ether oxygens (including phenoxy) is 1. The van der Waals surface area contributed by atoms with E-state index in [0.717, 1.165) is 41.5 Å². The molecule has 13 heteroatoms. The molecule has 48 heavy (non-hydrogen) atoms. The number of halogens is 5. The molecule has 0 fully saturated rings. The zero-order valence-electron chi connectivity index (χ0n) is 24.6. The van der Waals surface area contributed by atoms with E-state index in [1.54, 1.807) is 0 Å². The van der Waals surface area contributed by atoms with Crippen LogP contribution in [0.4, 0.5) is 27.6 Å². The van der Waals surface area contributed by atoms with Crippen molar-refractivity contribution in [1.82, 2.24) is 4.98 Å². The number of benzene rings is 4. The molecule has 0 atom stereocenters. The Morgan fingerprint density at radius 1 is 0.833 bits per heavy atom. The van der Waals surface area contributed by atoms with Crippen molar-refractivity contribution in [2.75, 3.05) is 5.32 Å². The zero-order valence-corrected chi connectivity index (χ0v) is 24.6. The number of hydrogen-bond acceptors (Lipinski definition) is 6. The molecule has 0 bridgehead atoms. The van der Waals surface area contributed by atoms with Gasteiger partial charge in [-0.2, -0.15) is 13.2 Å². The monoisotopic (exact) mass is 661 g/mol. The number of hydrogen-bond donors (Lipinski definition) is 2. The number of nitrogens with one attached hydrogen (secondary N) is 1. The molecule has 0 radical (unpaired) electrons. The van der Waals surface area contributed by atoms with Crippen LogP contribution >= 0.6 is 0 Å². The second kappa shape index (κ2) is 14.1. The number of anilines is 1. The summed E-state index contributed by atoms with van der Waals surface area (Å²) in [6, 6.07) is 28.5. The van der Waals surface area contributed by atoms with E-state index < -0.39 is 40.9 Å². The van der Waals surface area contributed by atoms with Crippen LogP contribution in [-0.2, 0) is 21.4 Å². The Labute approximate surface area is 270 Å². The summed E-state index contributed by atoms with van der Waals surface area (Å²) >= 11 is 0. The van der Waals surface area contributed by atoms with Crippen molar-refractivity contribution in [3.63, 3.8) is 0 Å². The van der Waals surface area contributed by atoms with E-state index in [4.69, 9.17) is 14.7 Å². The Morgan fingerprint density at radius 3 is 2.08 bits per heavy atom. The predicted molar refractivity (Wildman–Crippen MR) is 165 cm³/mol. The normalized spacial score (nSPS) is 13.3. The number of aromatic nitrogens is 1. The van der Waals surface area contributed by atoms with Crippen LogP contribution in [-0.4, -0.2) is 27.7 Å². The van der Waals surface area contributed by atoms with E-state index >= 15 is 0 Å². The molecule has 1 aromatic heterocycles. The molecule has 8 nitrogen and oxygen atoms in total. The molecule has 0 spiro atoms. The molecule has 1 aliphatic heterocycles. The second-order valence-electron chi connectivity index (χ2n) is 10.2. The van der Waals surface area contributed by atoms with Gasteiger partial charge in [-0.25, -0.2) is 18.6 Å². The van der Waals surface area contributed by atoms with Crippen LogP contribution in [0.2, 0.25) is 0 Å². The molecule has 0 unspecified atom stereocenters. The maximum Gasteiger partial charge on any atom is 0.416 e. The number of oxime groups is 1. The number of alkyl halides is 3. The van der Waals surface area contributed by atoms with Gasteiger partial charge < -0.3 is 20.0 Å². The lowest BCUT2D eigenvalue weighted by atomic mass is 9.82. The van der Waals surface area contributed by atoms with Crippen molar-refractivity contribution in [2.45, 2.75) is 18.2 Å². The van der Waals surface area contributed by atoms with Crippen LogP contribution in [0, 0.1) is 11.6 Å². The van der Waals surface area contributed by atoms with Gasteiger partial charge in [0.25, 0.3) is 5.91 Å². The molecule has 1 amide bonds. The van der Waals surface area contributed by atoms with Crippen molar-refractivity contribution in [1.29, 1.82) is 0 Å². The van der Waals surface area contributed by atoms with Gasteiger partial charge in [0.1, 0.15) is 22.9 Å². The number of carboxylic acid groups (broad SMARTS) is 1. The average molecular weight is 662 g/mol. The zero-order chi connectivity index (χ0) is 34.3. The van der Waals surface area contributed by atoms with Crippen molar-refractivity contribution in [3.05, 3.63) is 155 Å². The van der Waals surface area contributed by atoms with Gasteiger partial charge in [0.15, 0.2) is 11.3 Å². The molecule has 244 valence electrons. The first-order chi connectivity index (χ1) is 23.0. The third-order valence-corrected chi connectivity index (χ3v) is 7.03. The lowest BCUT2D eigenvalue weighted by Crippen LogP contribution is -2.29. The minimum absolute atomic E-state index is 0.0395. The van der Waals surface area contributed by atoms with E-state index in [0.29, 0.717) is 6.07 Å². The predicted octanol–water partition coefficient (Wildman–Crippen LogP) is 8.21. The van der Waals surface area contributed by atoms with Gasteiger partial charge in [-0.05, 0) is 42.5 Å². The topological polar surface area (TPSA) is 110 Å². The number of carbonyl (C=O) groups is 2. The summed E-state index contributed by atoms with van der Waals surface area (Å²) in [5.74, 6) is -4.14. The largest absolute Gasteiger partial charge is 0.477 e. The molecular formula is C35H24F5N3O5. The molecule has 1 aliphatic rings. The number of carboxylic acids is 1. The number of amides is 1. The summed E-state index contributed by atoms with van der Waals surface area (Å²) in [4.78, 5) is 33.0. The van der Waals surface area contributed by atoms with Crippen molar-refractivity contribution >= 4 is 23.3 Å². The van der Waals surface area contributed by atoms with Crippen LogP contribution in [0.5, 0.6) is 11.6 Å². The smallest absolute Gasteiger partial charge is 0.416 e. The maximum atomic E-state index is 13.7. The fourth-order valence-electron chi connectivity index (χ4n) is 4.71. The van der Waals surface area contributed by atoms with E-state index in [1.807, 2.05) is 60.7 Å². The fraction of sp³-hybridized carbons (Fsp3) is 0.0857. The molecule has 0 aliphatic carbocycles. The first-order valence-electron chi connectivity index (χ1n) is 14.1. The third-order valence-electron chi connectivity index (χ3n) is 7.03. The highest BCUT2D eigenvalue weighted by atomic mass is 19.4. The highest BCUT2D eigenvalue weighted by Gasteiger charge is 2.44. The van der Waals surface area contributed by atoms with E-state index in [-0.39, 0.29) is 35.0 Å². The first kappa shape index (κ1) is 33.3. The standard InChI is InChI=1S/C19H11F5N2O2.C16H13NO3/c20-12-6-7-16(15(21)10-12)26-17(27)14-5-2-8-25-18(14)28-13-4-1-3-11(9-13)19(22,23)24;18-15(19)14-11-16(20-17-14,12-7-3-1-4-8-12)13-9-5-2-6-10-13/h1-10H,(H,26,27);1-10H,11H2,(H,18,19). The number of carbonyl (C=O) groups excluding carboxylic acids is 1. The Bertz CT molecular complexity index is 1910. The fourth-order valence-corrected chi connectivity index (χ4v) is 4.71. The number of nitrogens with zero attached hydrogens (tertiary/aromatic N) is 2. The quantitative estimate of drug-likeness (QED) is 0.170. The molecule has 0 saturated carbocycles. The highest BCUT2D eigenvalue weighted by Crippen LogP contribution is 2.41. The molecule has 2 N–H and O–H groups in total. The van der Waals surface area contributed by atoms with Crippen molar-refractivity contribution < 1.29 is 46.2 Å². The van der Waals surface area contributed by atoms with Gasteiger partial charge in [-0.3, -0.25) is 4.79 Å². The number of pyridine rings is 1. The summed E-state index contributed by atoms with van der Waals surface area (Å²) in [6.45, 7) is 0. The van der Waals surface area contributed by atoms with Gasteiger partial charge in [-0.15, -0.1) is 0 Å². The Kier molecular flexibility index (Phi) is 9.78. The van der Waals surface area contributed by atoms with E-state index in [2.05, 4.69) is 15.5 Å². The van der Waals surface area contributed by atoms with Crippen LogP contribution in [0.1, 0.15) is 33.5 Å². The van der Waals surface area contributed by atoms with Gasteiger partial charge >= 0.3 is 12.1 Å². The number of aliphatic carboxylic acids is 1. The summed E-state index contributed by atoms with van der Waals surface area (Å²) in [5, 5.41) is 15.1. The SMILES string of the molecule is O=C(Nc1ccc(F)cc1F)c1cccnc1Oc1cccc(C(F)(F)F)c1.O=C(O)C1=NOC(c2ccccc2)(c2ccccc2)C1. The van der Waals surface area contributed by atoms with Crippen LogP contribution in [0.3, 0.4) is 0 Å². The Balaban J connectivity index is 0.000000198. The molecule has 4 aromatic carbocycles. The summed E-state index contributed by atoms with van der Waals surface area (Å²) in [5.41, 5.74) is -0.379. The lowest BCUT2D eigenvalue weighted by molar-refractivity contribution is -0.137. The second-order valence-corrected chi connectivity index (χ2v) is 10.2. The van der Waals surface area contributed by atoms with Gasteiger partial charge in [-0.1, -0.05) is 71.9 Å². The van der Waals surface area contributed by atoms with Gasteiger partial charge in [0, 0.05) is 23.4 Å². The minimum atomic E-state index is -4.57. The summed E-state index contributed by atoms with van der Waals surface area (Å²) in [7, 11) is 0. The minimum Gasteiger partial charge on any atom is -0.477 e. The molecule has 6 rings (SSSR count). The lowest BCUT2D eigenvalue weighted by Gasteiger charge is -2.27. The highest BCUT2D eigenvalue weighted by molar-refractivity contribution is 6.36. The first-order valence-corrected chi connectivity index (χ1v) is 14.1. The van der Waals surface area contributed by atoms with Gasteiger partial charge in [0.2, 0.25) is 5.88 Å². The molecule has 2 heterocycles. The maximum absolute atomic E-state index is 13.7. The molecular weight excluding hydrogens is 637 g/mol.